The standard InChI is InChI=1S/C17H14BrNO2.C3H6O.C2H6/c1-11-8-16(20-14-4-2-13(18)3-5-14)9-12(10-19)17(11)21-15-6-7-15;4-3-1-2-3;1-2/h2-5,8-9,15H,6-7H2,1H3;3-4H,1-2H2;1-2H3. The van der Waals surface area contributed by atoms with Crippen molar-refractivity contribution in [1.82, 2.24) is 0 Å². The maximum absolute atomic E-state index is 9.31. The molecule has 0 spiro atoms. The fraction of sp³-hybridized carbons (Fsp3) is 0.409. The summed E-state index contributed by atoms with van der Waals surface area (Å²) < 4.78 is 12.6. The molecule has 4 rings (SSSR count). The van der Waals surface area contributed by atoms with Gasteiger partial charge in [-0.1, -0.05) is 29.8 Å². The highest BCUT2D eigenvalue weighted by Crippen LogP contribution is 2.35. The Morgan fingerprint density at radius 3 is 2.11 bits per heavy atom. The molecule has 2 aliphatic rings. The summed E-state index contributed by atoms with van der Waals surface area (Å²) in [5.74, 6) is 2.06. The first kappa shape index (κ1) is 21.3. The van der Waals surface area contributed by atoms with Crippen molar-refractivity contribution in [3.05, 3.63) is 52.0 Å². The lowest BCUT2D eigenvalue weighted by molar-refractivity contribution is 0.279. The maximum atomic E-state index is 9.31. The van der Waals surface area contributed by atoms with Gasteiger partial charge in [-0.3, -0.25) is 0 Å². The number of benzene rings is 2. The Morgan fingerprint density at radius 2 is 1.63 bits per heavy atom. The van der Waals surface area contributed by atoms with Gasteiger partial charge < -0.3 is 14.6 Å². The molecule has 2 aromatic carbocycles. The molecule has 2 aliphatic carbocycles. The number of rotatable bonds is 4. The van der Waals surface area contributed by atoms with Gasteiger partial charge in [-0.05, 0) is 68.5 Å². The van der Waals surface area contributed by atoms with E-state index >= 15 is 0 Å². The molecule has 5 heteroatoms. The third-order valence-electron chi connectivity index (χ3n) is 3.77. The number of aliphatic hydroxyl groups is 1. The van der Waals surface area contributed by atoms with Gasteiger partial charge in [-0.15, -0.1) is 0 Å². The van der Waals surface area contributed by atoms with Crippen LogP contribution in [0, 0.1) is 18.3 Å². The van der Waals surface area contributed by atoms with Crippen LogP contribution >= 0.6 is 15.9 Å². The Hall–Kier alpha value is -2.03. The Balaban J connectivity index is 0.000000378. The molecule has 2 fully saturated rings. The molecule has 2 saturated carbocycles. The van der Waals surface area contributed by atoms with Crippen molar-refractivity contribution in [2.24, 2.45) is 0 Å². The van der Waals surface area contributed by atoms with E-state index in [0.717, 1.165) is 41.5 Å². The van der Waals surface area contributed by atoms with E-state index in [0.29, 0.717) is 17.1 Å². The molecule has 144 valence electrons. The summed E-state index contributed by atoms with van der Waals surface area (Å²) in [6, 6.07) is 13.4. The van der Waals surface area contributed by atoms with Crippen LogP contribution in [0.2, 0.25) is 0 Å². The van der Waals surface area contributed by atoms with Crippen molar-refractivity contribution in [3.8, 4) is 23.3 Å². The van der Waals surface area contributed by atoms with Crippen LogP contribution in [-0.2, 0) is 0 Å². The SMILES string of the molecule is CC.Cc1cc(Oc2ccc(Br)cc2)cc(C#N)c1OC1CC1.OC1CC1. The van der Waals surface area contributed by atoms with Crippen molar-refractivity contribution >= 4 is 15.9 Å². The summed E-state index contributed by atoms with van der Waals surface area (Å²) in [7, 11) is 0. The average Bonchev–Trinajstić information content (AvgIpc) is 3.60. The van der Waals surface area contributed by atoms with Crippen molar-refractivity contribution in [2.45, 2.75) is 58.7 Å². The highest BCUT2D eigenvalue weighted by molar-refractivity contribution is 9.10. The van der Waals surface area contributed by atoms with E-state index in [1.807, 2.05) is 51.1 Å². The van der Waals surface area contributed by atoms with Crippen LogP contribution in [0.4, 0.5) is 0 Å². The van der Waals surface area contributed by atoms with Gasteiger partial charge in [0.15, 0.2) is 0 Å². The molecule has 0 unspecified atom stereocenters. The Kier molecular flexibility index (Phi) is 8.15. The van der Waals surface area contributed by atoms with E-state index in [1.165, 1.54) is 0 Å². The molecular weight excluding hydrogens is 406 g/mol. The van der Waals surface area contributed by atoms with Gasteiger partial charge in [0.2, 0.25) is 0 Å². The summed E-state index contributed by atoms with van der Waals surface area (Å²) in [6.07, 6.45) is 4.58. The van der Waals surface area contributed by atoms with Crippen LogP contribution in [0.25, 0.3) is 0 Å². The number of aryl methyl sites for hydroxylation is 1. The molecule has 27 heavy (non-hydrogen) atoms. The number of nitriles is 1. The van der Waals surface area contributed by atoms with Crippen LogP contribution in [-0.4, -0.2) is 17.3 Å². The third-order valence-corrected chi connectivity index (χ3v) is 4.30. The van der Waals surface area contributed by atoms with Gasteiger partial charge in [0.05, 0.1) is 17.8 Å². The molecule has 0 aromatic heterocycles. The number of nitrogens with zero attached hydrogens (tertiary/aromatic N) is 1. The van der Waals surface area contributed by atoms with Gasteiger partial charge in [-0.25, -0.2) is 0 Å². The van der Waals surface area contributed by atoms with E-state index in [2.05, 4.69) is 22.0 Å². The second-order valence-electron chi connectivity index (χ2n) is 6.33. The quantitative estimate of drug-likeness (QED) is 0.631. The van der Waals surface area contributed by atoms with E-state index in [9.17, 15) is 5.26 Å². The molecule has 0 radical (unpaired) electrons. The normalized spacial score (nSPS) is 14.7. The molecule has 0 atom stereocenters. The van der Waals surface area contributed by atoms with Gasteiger partial charge in [-0.2, -0.15) is 5.26 Å². The molecule has 0 heterocycles. The Bertz CT molecular complexity index is 775. The minimum Gasteiger partial charge on any atom is -0.489 e. The third kappa shape index (κ3) is 7.24. The minimum absolute atomic E-state index is 0.0833. The van der Waals surface area contributed by atoms with E-state index in [1.54, 1.807) is 6.07 Å². The number of aliphatic hydroxyl groups excluding tert-OH is 1. The lowest BCUT2D eigenvalue weighted by Gasteiger charge is -2.13. The fourth-order valence-electron chi connectivity index (χ4n) is 2.11. The largest absolute Gasteiger partial charge is 0.489 e. The zero-order valence-corrected chi connectivity index (χ0v) is 17.6. The molecule has 4 nitrogen and oxygen atoms in total. The van der Waals surface area contributed by atoms with E-state index in [4.69, 9.17) is 14.6 Å². The van der Waals surface area contributed by atoms with Gasteiger partial charge >= 0.3 is 0 Å². The average molecular weight is 432 g/mol. The monoisotopic (exact) mass is 431 g/mol. The van der Waals surface area contributed by atoms with Crippen LogP contribution in [0.1, 0.15) is 50.7 Å². The minimum atomic E-state index is 0.0833. The van der Waals surface area contributed by atoms with Gasteiger partial charge in [0.25, 0.3) is 0 Å². The lowest BCUT2D eigenvalue weighted by Crippen LogP contribution is -2.01. The molecule has 0 aliphatic heterocycles. The van der Waals surface area contributed by atoms with E-state index in [-0.39, 0.29) is 12.2 Å². The summed E-state index contributed by atoms with van der Waals surface area (Å²) in [6.45, 7) is 5.94. The molecule has 2 aromatic rings. The fourth-order valence-corrected chi connectivity index (χ4v) is 2.37. The Morgan fingerprint density at radius 1 is 1.04 bits per heavy atom. The lowest BCUT2D eigenvalue weighted by atomic mass is 10.1. The Labute approximate surface area is 169 Å². The molecule has 0 bridgehead atoms. The summed E-state index contributed by atoms with van der Waals surface area (Å²) >= 11 is 3.39. The predicted octanol–water partition coefficient (Wildman–Crippen LogP) is 6.13. The number of hydrogen-bond donors (Lipinski definition) is 1. The van der Waals surface area contributed by atoms with Crippen molar-refractivity contribution < 1.29 is 14.6 Å². The van der Waals surface area contributed by atoms with E-state index < -0.39 is 0 Å². The molecule has 1 N–H and O–H groups in total. The molecule has 0 amide bonds. The summed E-state index contributed by atoms with van der Waals surface area (Å²) in [5.41, 5.74) is 1.45. The van der Waals surface area contributed by atoms with Crippen LogP contribution < -0.4 is 9.47 Å². The second-order valence-corrected chi connectivity index (χ2v) is 7.25. The molecular formula is C22H26BrNO3. The zero-order valence-electron chi connectivity index (χ0n) is 16.0. The predicted molar refractivity (Wildman–Crippen MR) is 110 cm³/mol. The number of halogens is 1. The van der Waals surface area contributed by atoms with Crippen molar-refractivity contribution in [2.75, 3.05) is 0 Å². The highest BCUT2D eigenvalue weighted by Gasteiger charge is 2.25. The van der Waals surface area contributed by atoms with Crippen molar-refractivity contribution in [1.29, 1.82) is 5.26 Å². The van der Waals surface area contributed by atoms with Crippen LogP contribution in [0.15, 0.2) is 40.9 Å². The van der Waals surface area contributed by atoms with Gasteiger partial charge in [0.1, 0.15) is 23.3 Å². The highest BCUT2D eigenvalue weighted by atomic mass is 79.9. The van der Waals surface area contributed by atoms with Crippen molar-refractivity contribution in [3.63, 3.8) is 0 Å². The summed E-state index contributed by atoms with van der Waals surface area (Å²) in [4.78, 5) is 0. The van der Waals surface area contributed by atoms with Gasteiger partial charge in [0, 0.05) is 10.5 Å². The molecule has 0 saturated heterocycles. The summed E-state index contributed by atoms with van der Waals surface area (Å²) in [5, 5.41) is 17.5. The smallest absolute Gasteiger partial charge is 0.140 e. The topological polar surface area (TPSA) is 62.5 Å². The van der Waals surface area contributed by atoms with Crippen LogP contribution in [0.5, 0.6) is 17.2 Å². The number of ether oxygens (including phenoxy) is 2. The van der Waals surface area contributed by atoms with Crippen LogP contribution in [0.3, 0.4) is 0 Å². The second kappa shape index (κ2) is 10.3. The maximum Gasteiger partial charge on any atom is 0.140 e. The zero-order chi connectivity index (χ0) is 19.8. The first-order valence-corrected chi connectivity index (χ1v) is 10.2. The number of hydrogen-bond acceptors (Lipinski definition) is 4. The first-order valence-electron chi connectivity index (χ1n) is 9.38. The first-order chi connectivity index (χ1) is 13.0.